The fraction of sp³-hybridized carbons (Fsp3) is 0.333. The molecule has 0 atom stereocenters. The Labute approximate surface area is 104 Å². The van der Waals surface area contributed by atoms with Crippen molar-refractivity contribution in [2.45, 2.75) is 13.3 Å². The Morgan fingerprint density at radius 2 is 2.41 bits per heavy atom. The first-order chi connectivity index (χ1) is 8.24. The van der Waals surface area contributed by atoms with Crippen LogP contribution in [0.5, 0.6) is 0 Å². The van der Waals surface area contributed by atoms with Gasteiger partial charge < -0.3 is 4.74 Å². The third-order valence-electron chi connectivity index (χ3n) is 2.86. The highest BCUT2D eigenvalue weighted by Gasteiger charge is 2.12. The highest BCUT2D eigenvalue weighted by atomic mass is 35.5. The van der Waals surface area contributed by atoms with E-state index in [1.54, 1.807) is 16.9 Å². The molecule has 1 aliphatic heterocycles. The van der Waals surface area contributed by atoms with Crippen LogP contribution in [-0.4, -0.2) is 27.8 Å². The number of nitrogens with zero attached hydrogens (tertiary/aromatic N) is 3. The number of hydrogen-bond acceptors (Lipinski definition) is 3. The maximum Gasteiger partial charge on any atom is 0.162 e. The lowest BCUT2D eigenvalue weighted by atomic mass is 10.1. The van der Waals surface area contributed by atoms with Gasteiger partial charge in [-0.25, -0.2) is 9.50 Å². The standard InChI is InChI=1S/C12H12ClN3O/c1-8-11(4-9-2-3-17-7-9)12-14-5-10(13)6-16(12)15-8/h4-6H,2-3,7H2,1H3/b9-4-. The highest BCUT2D eigenvalue weighted by molar-refractivity contribution is 6.30. The summed E-state index contributed by atoms with van der Waals surface area (Å²) in [4.78, 5) is 4.33. The maximum absolute atomic E-state index is 5.89. The molecular formula is C12H12ClN3O. The predicted molar refractivity (Wildman–Crippen MR) is 66.1 cm³/mol. The van der Waals surface area contributed by atoms with Gasteiger partial charge >= 0.3 is 0 Å². The van der Waals surface area contributed by atoms with E-state index in [0.29, 0.717) is 11.6 Å². The molecule has 17 heavy (non-hydrogen) atoms. The van der Waals surface area contributed by atoms with Crippen LogP contribution >= 0.6 is 11.6 Å². The Morgan fingerprint density at radius 3 is 3.18 bits per heavy atom. The van der Waals surface area contributed by atoms with Crippen molar-refractivity contribution in [3.8, 4) is 0 Å². The Bertz CT molecular complexity index is 595. The summed E-state index contributed by atoms with van der Waals surface area (Å²) in [6, 6.07) is 0. The lowest BCUT2D eigenvalue weighted by Crippen LogP contribution is -1.89. The second-order valence-electron chi connectivity index (χ2n) is 4.14. The third-order valence-corrected chi connectivity index (χ3v) is 3.06. The molecule has 0 N–H and O–H groups in total. The van der Waals surface area contributed by atoms with Crippen molar-refractivity contribution < 1.29 is 4.74 Å². The quantitative estimate of drug-likeness (QED) is 0.780. The van der Waals surface area contributed by atoms with E-state index in [2.05, 4.69) is 16.2 Å². The minimum atomic E-state index is 0.586. The van der Waals surface area contributed by atoms with Crippen molar-refractivity contribution >= 4 is 23.3 Å². The first-order valence-electron chi connectivity index (χ1n) is 5.52. The van der Waals surface area contributed by atoms with Gasteiger partial charge in [0.2, 0.25) is 0 Å². The molecular weight excluding hydrogens is 238 g/mol. The molecule has 0 saturated carbocycles. The van der Waals surface area contributed by atoms with E-state index in [0.717, 1.165) is 29.9 Å². The molecule has 0 aromatic carbocycles. The molecule has 0 radical (unpaired) electrons. The number of rotatable bonds is 1. The van der Waals surface area contributed by atoms with Gasteiger partial charge in [-0.2, -0.15) is 5.10 Å². The molecule has 1 aliphatic rings. The topological polar surface area (TPSA) is 39.4 Å². The zero-order valence-corrected chi connectivity index (χ0v) is 10.2. The van der Waals surface area contributed by atoms with Crippen LogP contribution in [0.15, 0.2) is 18.0 Å². The van der Waals surface area contributed by atoms with Crippen LogP contribution in [0.3, 0.4) is 0 Å². The van der Waals surface area contributed by atoms with Gasteiger partial charge in [0.1, 0.15) is 0 Å². The van der Waals surface area contributed by atoms with E-state index in [4.69, 9.17) is 16.3 Å². The Balaban J connectivity index is 2.15. The molecule has 4 nitrogen and oxygen atoms in total. The number of aromatic nitrogens is 3. The van der Waals surface area contributed by atoms with Crippen molar-refractivity contribution in [3.63, 3.8) is 0 Å². The smallest absolute Gasteiger partial charge is 0.162 e. The molecule has 3 rings (SSSR count). The van der Waals surface area contributed by atoms with Crippen LogP contribution in [0.1, 0.15) is 17.7 Å². The second kappa shape index (κ2) is 4.13. The molecule has 1 fully saturated rings. The number of halogens is 1. The van der Waals surface area contributed by atoms with E-state index in [1.807, 2.05) is 6.92 Å². The molecule has 3 heterocycles. The largest absolute Gasteiger partial charge is 0.377 e. The van der Waals surface area contributed by atoms with Crippen molar-refractivity contribution in [1.82, 2.24) is 14.6 Å². The third kappa shape index (κ3) is 1.94. The summed E-state index contributed by atoms with van der Waals surface area (Å²) in [7, 11) is 0. The molecule has 0 bridgehead atoms. The summed E-state index contributed by atoms with van der Waals surface area (Å²) >= 11 is 5.89. The fourth-order valence-electron chi connectivity index (χ4n) is 2.01. The summed E-state index contributed by atoms with van der Waals surface area (Å²) in [5.41, 5.74) is 4.15. The Morgan fingerprint density at radius 1 is 1.53 bits per heavy atom. The SMILES string of the molecule is Cc1nn2cc(Cl)cnc2c1/C=C1/CCOC1. The van der Waals surface area contributed by atoms with Crippen LogP contribution in [-0.2, 0) is 4.74 Å². The number of hydrogen-bond donors (Lipinski definition) is 0. The fourth-order valence-corrected chi connectivity index (χ4v) is 2.15. The minimum absolute atomic E-state index is 0.586. The van der Waals surface area contributed by atoms with Gasteiger partial charge in [-0.05, 0) is 25.0 Å². The first kappa shape index (κ1) is 10.7. The van der Waals surface area contributed by atoms with Gasteiger partial charge in [0.25, 0.3) is 0 Å². The average Bonchev–Trinajstić information content (AvgIpc) is 2.88. The monoisotopic (exact) mass is 249 g/mol. The number of aryl methyl sites for hydroxylation is 1. The molecule has 0 unspecified atom stereocenters. The van der Waals surface area contributed by atoms with Gasteiger partial charge in [0, 0.05) is 11.8 Å². The van der Waals surface area contributed by atoms with Crippen LogP contribution in [0.4, 0.5) is 0 Å². The molecule has 2 aromatic rings. The minimum Gasteiger partial charge on any atom is -0.377 e. The zero-order chi connectivity index (χ0) is 11.8. The molecule has 0 spiro atoms. The Kier molecular flexibility index (Phi) is 2.61. The van der Waals surface area contributed by atoms with Crippen molar-refractivity contribution in [2.75, 3.05) is 13.2 Å². The zero-order valence-electron chi connectivity index (χ0n) is 9.48. The maximum atomic E-state index is 5.89. The highest BCUT2D eigenvalue weighted by Crippen LogP contribution is 2.21. The van der Waals surface area contributed by atoms with Crippen LogP contribution in [0.2, 0.25) is 5.02 Å². The second-order valence-corrected chi connectivity index (χ2v) is 4.58. The van der Waals surface area contributed by atoms with Crippen molar-refractivity contribution in [1.29, 1.82) is 0 Å². The first-order valence-corrected chi connectivity index (χ1v) is 5.89. The summed E-state index contributed by atoms with van der Waals surface area (Å²) in [5.74, 6) is 0. The normalized spacial score (nSPS) is 18.4. The Hall–Kier alpha value is -1.39. The lowest BCUT2D eigenvalue weighted by molar-refractivity contribution is 0.205. The van der Waals surface area contributed by atoms with Crippen LogP contribution in [0.25, 0.3) is 11.7 Å². The summed E-state index contributed by atoms with van der Waals surface area (Å²) in [5, 5.41) is 4.99. The summed E-state index contributed by atoms with van der Waals surface area (Å²) in [6.45, 7) is 3.50. The van der Waals surface area contributed by atoms with E-state index < -0.39 is 0 Å². The summed E-state index contributed by atoms with van der Waals surface area (Å²) in [6.07, 6.45) is 6.53. The molecule has 5 heteroatoms. The number of ether oxygens (including phenoxy) is 1. The van der Waals surface area contributed by atoms with Gasteiger partial charge in [0.15, 0.2) is 5.65 Å². The summed E-state index contributed by atoms with van der Waals surface area (Å²) < 4.78 is 7.06. The number of fused-ring (bicyclic) bond motifs is 1. The van der Waals surface area contributed by atoms with E-state index in [-0.39, 0.29) is 0 Å². The molecule has 0 amide bonds. The molecule has 0 aliphatic carbocycles. The molecule has 1 saturated heterocycles. The molecule has 88 valence electrons. The van der Waals surface area contributed by atoms with Crippen molar-refractivity contribution in [2.24, 2.45) is 0 Å². The lowest BCUT2D eigenvalue weighted by Gasteiger charge is -1.96. The van der Waals surface area contributed by atoms with E-state index in [1.165, 1.54) is 5.57 Å². The van der Waals surface area contributed by atoms with Gasteiger partial charge in [-0.15, -0.1) is 0 Å². The van der Waals surface area contributed by atoms with Crippen LogP contribution < -0.4 is 0 Å². The average molecular weight is 250 g/mol. The van der Waals surface area contributed by atoms with Crippen molar-refractivity contribution in [3.05, 3.63) is 34.2 Å². The van der Waals surface area contributed by atoms with E-state index in [9.17, 15) is 0 Å². The van der Waals surface area contributed by atoms with Gasteiger partial charge in [-0.1, -0.05) is 11.6 Å². The van der Waals surface area contributed by atoms with Gasteiger partial charge in [-0.3, -0.25) is 0 Å². The van der Waals surface area contributed by atoms with E-state index >= 15 is 0 Å². The van der Waals surface area contributed by atoms with Crippen LogP contribution in [0, 0.1) is 6.92 Å². The molecule has 2 aromatic heterocycles. The predicted octanol–water partition coefficient (Wildman–Crippen LogP) is 2.49. The van der Waals surface area contributed by atoms with Gasteiger partial charge in [0.05, 0.1) is 30.1 Å².